The van der Waals surface area contributed by atoms with Crippen molar-refractivity contribution in [1.82, 2.24) is 0 Å². The van der Waals surface area contributed by atoms with Gasteiger partial charge in [0.2, 0.25) is 5.39 Å². The second-order valence-corrected chi connectivity index (χ2v) is 4.86. The molecule has 0 aliphatic carbocycles. The molecule has 0 aliphatic rings. The van der Waals surface area contributed by atoms with Crippen LogP contribution < -0.4 is 0 Å². The Labute approximate surface area is 109 Å². The summed E-state index contributed by atoms with van der Waals surface area (Å²) in [5.41, 5.74) is 0.357. The van der Waals surface area contributed by atoms with E-state index in [1.54, 1.807) is 6.07 Å². The number of hydrogen-bond donors (Lipinski definition) is 1. The minimum atomic E-state index is -0.866. The molecule has 1 N–H and O–H groups in total. The van der Waals surface area contributed by atoms with Crippen molar-refractivity contribution in [2.45, 2.75) is 58.0 Å². The van der Waals surface area contributed by atoms with Gasteiger partial charge in [0.05, 0.1) is 11.2 Å². The van der Waals surface area contributed by atoms with Crippen molar-refractivity contribution < 1.29 is 5.11 Å². The molecular formula is C15H23N2O+. The third kappa shape index (κ3) is 3.54. The molecule has 1 aromatic carbocycles. The van der Waals surface area contributed by atoms with E-state index in [1.807, 2.05) is 18.2 Å². The molecule has 18 heavy (non-hydrogen) atoms. The minimum Gasteiger partial charge on any atom is -0.385 e. The SMILES string of the molecule is CCCCC(O)(CCCC)c1ccccc1[N+]#N. The van der Waals surface area contributed by atoms with E-state index in [1.165, 1.54) is 0 Å². The quantitative estimate of drug-likeness (QED) is 0.707. The summed E-state index contributed by atoms with van der Waals surface area (Å²) in [4.78, 5) is 3.29. The van der Waals surface area contributed by atoms with Crippen LogP contribution in [-0.4, -0.2) is 5.11 Å². The van der Waals surface area contributed by atoms with Crippen LogP contribution in [0.15, 0.2) is 24.3 Å². The fraction of sp³-hybridized carbons (Fsp3) is 0.600. The van der Waals surface area contributed by atoms with Gasteiger partial charge >= 0.3 is 5.69 Å². The highest BCUT2D eigenvalue weighted by Gasteiger charge is 2.34. The topological polar surface area (TPSA) is 48.4 Å². The molecule has 0 aliphatic heterocycles. The van der Waals surface area contributed by atoms with Gasteiger partial charge in [-0.05, 0) is 18.9 Å². The lowest BCUT2D eigenvalue weighted by molar-refractivity contribution is 0.0149. The van der Waals surface area contributed by atoms with Gasteiger partial charge < -0.3 is 5.11 Å². The first-order valence-electron chi connectivity index (χ1n) is 6.85. The molecule has 0 saturated heterocycles. The predicted molar refractivity (Wildman–Crippen MR) is 74.1 cm³/mol. The van der Waals surface area contributed by atoms with E-state index in [0.717, 1.165) is 44.1 Å². The zero-order valence-electron chi connectivity index (χ0n) is 11.4. The average Bonchev–Trinajstić information content (AvgIpc) is 2.43. The third-order valence-electron chi connectivity index (χ3n) is 3.40. The third-order valence-corrected chi connectivity index (χ3v) is 3.40. The molecule has 0 radical (unpaired) electrons. The lowest BCUT2D eigenvalue weighted by Crippen LogP contribution is -2.25. The Kier molecular flexibility index (Phi) is 5.80. The molecule has 0 spiro atoms. The number of rotatable bonds is 7. The number of hydrogen-bond acceptors (Lipinski definition) is 2. The van der Waals surface area contributed by atoms with Crippen LogP contribution in [0.25, 0.3) is 4.98 Å². The molecule has 0 bridgehead atoms. The summed E-state index contributed by atoms with van der Waals surface area (Å²) in [5, 5.41) is 19.9. The normalized spacial score (nSPS) is 11.2. The average molecular weight is 247 g/mol. The Hall–Kier alpha value is -1.40. The monoisotopic (exact) mass is 247 g/mol. The standard InChI is InChI=1S/C15H23N2O/c1-3-5-11-15(18,12-6-4-2)13-9-7-8-10-14(13)17-16/h7-10,18H,3-6,11-12H2,1-2H3/q+1. The van der Waals surface area contributed by atoms with Crippen LogP contribution in [0.3, 0.4) is 0 Å². The molecule has 0 heterocycles. The Morgan fingerprint density at radius 2 is 1.67 bits per heavy atom. The molecule has 0 fully saturated rings. The van der Waals surface area contributed by atoms with Gasteiger partial charge in [-0.2, -0.15) is 0 Å². The molecule has 0 aromatic heterocycles. The number of nitrogens with zero attached hydrogens (tertiary/aromatic N) is 2. The Morgan fingerprint density at radius 3 is 2.17 bits per heavy atom. The lowest BCUT2D eigenvalue weighted by Gasteiger charge is -2.27. The van der Waals surface area contributed by atoms with Crippen LogP contribution in [0.2, 0.25) is 0 Å². The summed E-state index contributed by atoms with van der Waals surface area (Å²) in [6, 6.07) is 7.30. The van der Waals surface area contributed by atoms with Gasteiger partial charge in [0, 0.05) is 6.07 Å². The van der Waals surface area contributed by atoms with Crippen molar-refractivity contribution in [3.8, 4) is 0 Å². The maximum Gasteiger partial charge on any atom is 0.391 e. The largest absolute Gasteiger partial charge is 0.391 e. The zero-order chi connectivity index (χ0) is 13.4. The van der Waals surface area contributed by atoms with Gasteiger partial charge in [-0.15, -0.1) is 0 Å². The Morgan fingerprint density at radius 1 is 1.11 bits per heavy atom. The molecular weight excluding hydrogens is 224 g/mol. The maximum absolute atomic E-state index is 10.9. The van der Waals surface area contributed by atoms with Gasteiger partial charge in [-0.1, -0.05) is 51.7 Å². The molecule has 0 saturated carbocycles. The highest BCUT2D eigenvalue weighted by Crippen LogP contribution is 2.37. The van der Waals surface area contributed by atoms with E-state index in [2.05, 4.69) is 18.8 Å². The van der Waals surface area contributed by atoms with Gasteiger partial charge in [0.1, 0.15) is 0 Å². The van der Waals surface area contributed by atoms with E-state index in [4.69, 9.17) is 5.39 Å². The van der Waals surface area contributed by atoms with Crippen LogP contribution in [0.1, 0.15) is 57.9 Å². The highest BCUT2D eigenvalue weighted by molar-refractivity contribution is 5.54. The van der Waals surface area contributed by atoms with E-state index in [9.17, 15) is 5.11 Å². The molecule has 0 atom stereocenters. The first-order chi connectivity index (χ1) is 8.68. The first-order valence-corrected chi connectivity index (χ1v) is 6.85. The van der Waals surface area contributed by atoms with Crippen molar-refractivity contribution in [3.05, 3.63) is 34.8 Å². The number of aliphatic hydroxyl groups is 1. The van der Waals surface area contributed by atoms with Gasteiger partial charge in [0.15, 0.2) is 4.98 Å². The summed E-state index contributed by atoms with van der Waals surface area (Å²) in [6.07, 6.45) is 5.48. The molecule has 0 amide bonds. The highest BCUT2D eigenvalue weighted by atomic mass is 16.3. The van der Waals surface area contributed by atoms with Crippen LogP contribution >= 0.6 is 0 Å². The number of benzene rings is 1. The zero-order valence-corrected chi connectivity index (χ0v) is 11.4. The molecule has 3 heteroatoms. The fourth-order valence-electron chi connectivity index (χ4n) is 2.29. The van der Waals surface area contributed by atoms with Crippen LogP contribution in [0.5, 0.6) is 0 Å². The van der Waals surface area contributed by atoms with Gasteiger partial charge in [-0.3, -0.25) is 0 Å². The van der Waals surface area contributed by atoms with E-state index >= 15 is 0 Å². The van der Waals surface area contributed by atoms with Crippen LogP contribution in [0.4, 0.5) is 5.69 Å². The molecule has 3 nitrogen and oxygen atoms in total. The lowest BCUT2D eigenvalue weighted by atomic mass is 9.83. The Bertz CT molecular complexity index is 401. The minimum absolute atomic E-state index is 0.479. The summed E-state index contributed by atoms with van der Waals surface area (Å²) >= 11 is 0. The van der Waals surface area contributed by atoms with E-state index in [0.29, 0.717) is 5.69 Å². The van der Waals surface area contributed by atoms with Crippen LogP contribution in [-0.2, 0) is 5.60 Å². The summed E-state index contributed by atoms with van der Waals surface area (Å²) in [5.74, 6) is 0. The van der Waals surface area contributed by atoms with Gasteiger partial charge in [-0.25, -0.2) is 0 Å². The smallest absolute Gasteiger partial charge is 0.385 e. The van der Waals surface area contributed by atoms with Crippen molar-refractivity contribution in [2.24, 2.45) is 0 Å². The molecule has 1 aromatic rings. The summed E-state index contributed by atoms with van der Waals surface area (Å²) in [7, 11) is 0. The molecule has 98 valence electrons. The van der Waals surface area contributed by atoms with E-state index < -0.39 is 5.60 Å². The Balaban J connectivity index is 3.04. The summed E-state index contributed by atoms with van der Waals surface area (Å²) in [6.45, 7) is 4.23. The molecule has 0 unspecified atom stereocenters. The number of unbranched alkanes of at least 4 members (excludes halogenated alkanes) is 2. The predicted octanol–water partition coefficient (Wildman–Crippen LogP) is 4.74. The second-order valence-electron chi connectivity index (χ2n) is 4.86. The first kappa shape index (κ1) is 14.7. The van der Waals surface area contributed by atoms with Crippen molar-refractivity contribution >= 4 is 5.69 Å². The molecule has 1 rings (SSSR count). The van der Waals surface area contributed by atoms with Crippen molar-refractivity contribution in [1.29, 1.82) is 5.39 Å². The van der Waals surface area contributed by atoms with Crippen molar-refractivity contribution in [3.63, 3.8) is 0 Å². The fourth-order valence-corrected chi connectivity index (χ4v) is 2.29. The maximum atomic E-state index is 10.9. The number of diazo groups is 1. The van der Waals surface area contributed by atoms with Gasteiger partial charge in [0.25, 0.3) is 0 Å². The van der Waals surface area contributed by atoms with E-state index in [-0.39, 0.29) is 0 Å². The van der Waals surface area contributed by atoms with Crippen LogP contribution in [0, 0.1) is 5.39 Å². The summed E-state index contributed by atoms with van der Waals surface area (Å²) < 4.78 is 0. The van der Waals surface area contributed by atoms with Crippen molar-refractivity contribution in [2.75, 3.05) is 0 Å². The second kappa shape index (κ2) is 7.13.